The van der Waals surface area contributed by atoms with E-state index in [0.29, 0.717) is 21.4 Å². The molecule has 0 radical (unpaired) electrons. The van der Waals surface area contributed by atoms with Crippen molar-refractivity contribution in [1.82, 2.24) is 5.32 Å². The third-order valence-corrected chi connectivity index (χ3v) is 4.18. The van der Waals surface area contributed by atoms with E-state index < -0.39 is 22.7 Å². The van der Waals surface area contributed by atoms with Crippen LogP contribution in [0, 0.1) is 0 Å². The summed E-state index contributed by atoms with van der Waals surface area (Å²) in [6.07, 6.45) is -0.346. The molecule has 1 heterocycles. The van der Waals surface area contributed by atoms with Gasteiger partial charge >= 0.3 is 6.09 Å². The second-order valence-electron chi connectivity index (χ2n) is 4.37. The van der Waals surface area contributed by atoms with E-state index >= 15 is 0 Å². The Bertz CT molecular complexity index is 659. The third kappa shape index (κ3) is 2.98. The van der Waals surface area contributed by atoms with Crippen LogP contribution in [0.3, 0.4) is 0 Å². The van der Waals surface area contributed by atoms with Crippen molar-refractivity contribution in [2.45, 2.75) is 31.0 Å². The Kier molecular flexibility index (Phi) is 3.66. The maximum atomic E-state index is 11.9. The predicted octanol–water partition coefficient (Wildman–Crippen LogP) is 0.398. The number of fused-ring (bicyclic) bond motifs is 1. The molecule has 2 unspecified atom stereocenters. The Hall–Kier alpha value is -1.76. The molecule has 6 nitrogen and oxygen atoms in total. The fourth-order valence-corrected chi connectivity index (χ4v) is 2.95. The first kappa shape index (κ1) is 13.7. The minimum atomic E-state index is -1.20. The van der Waals surface area contributed by atoms with Crippen molar-refractivity contribution in [3.63, 3.8) is 0 Å². The molecule has 2 atom stereocenters. The van der Waals surface area contributed by atoms with Crippen molar-refractivity contribution in [3.8, 4) is 0 Å². The Labute approximate surface area is 112 Å². The van der Waals surface area contributed by atoms with Gasteiger partial charge in [0.15, 0.2) is 0 Å². The molecule has 0 fully saturated rings. The molecule has 0 aromatic heterocycles. The molecule has 0 spiro atoms. The van der Waals surface area contributed by atoms with Crippen LogP contribution in [0.1, 0.15) is 20.3 Å². The molecule has 0 saturated heterocycles. The highest BCUT2D eigenvalue weighted by atomic mass is 32.2. The Morgan fingerprint density at radius 1 is 1.42 bits per heavy atom. The van der Waals surface area contributed by atoms with E-state index in [2.05, 4.69) is 15.3 Å². The van der Waals surface area contributed by atoms with Gasteiger partial charge in [-0.1, -0.05) is 6.92 Å². The smallest absolute Gasteiger partial charge is 0.408 e. The summed E-state index contributed by atoms with van der Waals surface area (Å²) < 4.78 is 11.9. The van der Waals surface area contributed by atoms with Gasteiger partial charge in [0.05, 0.1) is 21.5 Å². The van der Waals surface area contributed by atoms with Crippen LogP contribution >= 0.6 is 0 Å². The van der Waals surface area contributed by atoms with Crippen molar-refractivity contribution >= 4 is 16.9 Å². The molecule has 0 saturated carbocycles. The largest absolute Gasteiger partial charge is 0.465 e. The fraction of sp³-hybridized carbons (Fsp3) is 0.417. The van der Waals surface area contributed by atoms with Gasteiger partial charge in [-0.15, -0.1) is 0 Å². The van der Waals surface area contributed by atoms with E-state index in [1.807, 2.05) is 6.92 Å². The molecule has 1 aliphatic rings. The molecule has 1 aromatic rings. The van der Waals surface area contributed by atoms with Crippen LogP contribution < -0.4 is 16.0 Å². The number of hydrogen-bond acceptors (Lipinski definition) is 4. The van der Waals surface area contributed by atoms with Crippen LogP contribution in [0.2, 0.25) is 0 Å². The van der Waals surface area contributed by atoms with Crippen molar-refractivity contribution in [3.05, 3.63) is 28.9 Å². The lowest BCUT2D eigenvalue weighted by atomic mass is 10.3. The number of nitrogens with one attached hydrogen (secondary N) is 1. The molecular weight excluding hydrogens is 266 g/mol. The lowest BCUT2D eigenvalue weighted by Crippen LogP contribution is -2.41. The van der Waals surface area contributed by atoms with E-state index in [1.165, 1.54) is 0 Å². The number of nitrogens with zero attached hydrogens (tertiary/aromatic N) is 2. The summed E-state index contributed by atoms with van der Waals surface area (Å²) in [6, 6.07) is 5.17. The van der Waals surface area contributed by atoms with E-state index in [1.54, 1.807) is 25.1 Å². The van der Waals surface area contributed by atoms with Gasteiger partial charge in [0.2, 0.25) is 5.79 Å². The summed E-state index contributed by atoms with van der Waals surface area (Å²) >= 11 is 0. The zero-order chi connectivity index (χ0) is 14.0. The number of hydrogen-bond donors (Lipinski definition) is 2. The minimum Gasteiger partial charge on any atom is -0.465 e. The van der Waals surface area contributed by atoms with Crippen LogP contribution in [0.15, 0.2) is 33.1 Å². The summed E-state index contributed by atoms with van der Waals surface area (Å²) in [5, 5.41) is 12.2. The SMILES string of the molecule is CCCS(=O)c1ccc2c(c1)=NC(C)(NC(=O)O)N=2. The summed E-state index contributed by atoms with van der Waals surface area (Å²) in [4.78, 5) is 19.8. The molecule has 7 heteroatoms. The average Bonchev–Trinajstić information content (AvgIpc) is 2.62. The maximum Gasteiger partial charge on any atom is 0.408 e. The molecule has 1 aliphatic heterocycles. The fourth-order valence-electron chi connectivity index (χ4n) is 1.88. The molecule has 19 heavy (non-hydrogen) atoms. The van der Waals surface area contributed by atoms with Crippen LogP contribution in [-0.2, 0) is 10.8 Å². The third-order valence-electron chi connectivity index (χ3n) is 2.62. The van der Waals surface area contributed by atoms with Gasteiger partial charge < -0.3 is 5.11 Å². The summed E-state index contributed by atoms with van der Waals surface area (Å²) in [6.45, 7) is 3.54. The van der Waals surface area contributed by atoms with Crippen LogP contribution in [0.25, 0.3) is 0 Å². The van der Waals surface area contributed by atoms with Gasteiger partial charge in [-0.25, -0.2) is 14.8 Å². The zero-order valence-electron chi connectivity index (χ0n) is 10.7. The van der Waals surface area contributed by atoms with Crippen molar-refractivity contribution in [1.29, 1.82) is 0 Å². The monoisotopic (exact) mass is 281 g/mol. The molecule has 102 valence electrons. The Balaban J connectivity index is 2.39. The van der Waals surface area contributed by atoms with Gasteiger partial charge in [-0.05, 0) is 24.6 Å². The normalized spacial score (nSPS) is 22.0. The first-order chi connectivity index (χ1) is 8.93. The van der Waals surface area contributed by atoms with E-state index in [0.717, 1.165) is 6.42 Å². The highest BCUT2D eigenvalue weighted by Crippen LogP contribution is 2.10. The van der Waals surface area contributed by atoms with Gasteiger partial charge in [0.25, 0.3) is 0 Å². The Morgan fingerprint density at radius 2 is 2.11 bits per heavy atom. The van der Waals surface area contributed by atoms with Crippen molar-refractivity contribution < 1.29 is 14.1 Å². The zero-order valence-corrected chi connectivity index (χ0v) is 11.5. The molecule has 1 aromatic carbocycles. The first-order valence-electron chi connectivity index (χ1n) is 5.93. The molecule has 2 N–H and O–H groups in total. The number of rotatable bonds is 4. The highest BCUT2D eigenvalue weighted by molar-refractivity contribution is 7.85. The van der Waals surface area contributed by atoms with Gasteiger partial charge in [0.1, 0.15) is 0 Å². The predicted molar refractivity (Wildman–Crippen MR) is 69.9 cm³/mol. The summed E-state index contributed by atoms with van der Waals surface area (Å²) in [5.41, 5.74) is 0. The average molecular weight is 281 g/mol. The maximum absolute atomic E-state index is 11.9. The van der Waals surface area contributed by atoms with Crippen LogP contribution in [0.5, 0.6) is 0 Å². The summed E-state index contributed by atoms with van der Waals surface area (Å²) in [7, 11) is -1.05. The number of carboxylic acid groups (broad SMARTS) is 1. The lowest BCUT2D eigenvalue weighted by molar-refractivity contribution is 0.182. The second kappa shape index (κ2) is 5.08. The van der Waals surface area contributed by atoms with Crippen molar-refractivity contribution in [2.75, 3.05) is 5.75 Å². The van der Waals surface area contributed by atoms with E-state index in [9.17, 15) is 9.00 Å². The first-order valence-corrected chi connectivity index (χ1v) is 7.25. The number of benzene rings is 1. The molecule has 2 rings (SSSR count). The Morgan fingerprint density at radius 3 is 2.74 bits per heavy atom. The molecule has 0 bridgehead atoms. The number of carbonyl (C=O) groups is 1. The second-order valence-corrected chi connectivity index (χ2v) is 5.95. The topological polar surface area (TPSA) is 91.1 Å². The standard InChI is InChI=1S/C12H15N3O3S/c1-3-6-19(18)8-4-5-9-10(7-8)14-12(2,13-9)15-11(16)17/h4-5,7,15H,3,6H2,1-2H3,(H,16,17). The van der Waals surface area contributed by atoms with Gasteiger partial charge in [-0.2, -0.15) is 0 Å². The van der Waals surface area contributed by atoms with Gasteiger partial charge in [-0.3, -0.25) is 9.53 Å². The minimum absolute atomic E-state index is 0.568. The lowest BCUT2D eigenvalue weighted by Gasteiger charge is -2.16. The van der Waals surface area contributed by atoms with E-state index in [4.69, 9.17) is 5.11 Å². The highest BCUT2D eigenvalue weighted by Gasteiger charge is 2.27. The summed E-state index contributed by atoms with van der Waals surface area (Å²) in [5.74, 6) is -0.598. The van der Waals surface area contributed by atoms with Crippen LogP contribution in [-0.4, -0.2) is 26.9 Å². The number of amides is 1. The molecular formula is C12H15N3O3S. The molecule has 0 aliphatic carbocycles. The van der Waals surface area contributed by atoms with E-state index in [-0.39, 0.29) is 0 Å². The quantitative estimate of drug-likeness (QED) is 0.836. The van der Waals surface area contributed by atoms with Crippen LogP contribution in [0.4, 0.5) is 4.79 Å². The van der Waals surface area contributed by atoms with Crippen molar-refractivity contribution in [2.24, 2.45) is 9.98 Å². The molecule has 1 amide bonds. The van der Waals surface area contributed by atoms with Gasteiger partial charge in [0, 0.05) is 17.6 Å².